The van der Waals surface area contributed by atoms with Crippen LogP contribution in [0, 0.1) is 0 Å². The van der Waals surface area contributed by atoms with E-state index >= 15 is 0 Å². The molecule has 3 rings (SSSR count). The minimum atomic E-state index is -0.340. The van der Waals surface area contributed by atoms with Crippen LogP contribution in [-0.4, -0.2) is 28.3 Å². The highest BCUT2D eigenvalue weighted by atomic mass is 35.5. The molecule has 144 valence electrons. The van der Waals surface area contributed by atoms with E-state index in [-0.39, 0.29) is 22.2 Å². The summed E-state index contributed by atoms with van der Waals surface area (Å²) in [6.45, 7) is 0. The summed E-state index contributed by atoms with van der Waals surface area (Å²) >= 11 is 13.0. The molecule has 0 saturated carbocycles. The van der Waals surface area contributed by atoms with Crippen LogP contribution in [0.5, 0.6) is 5.75 Å². The molecule has 0 aliphatic rings. The van der Waals surface area contributed by atoms with E-state index in [9.17, 15) is 9.59 Å². The fourth-order valence-corrected chi connectivity index (χ4v) is 3.44. The fraction of sp³-hybridized carbons (Fsp3) is 0.105. The van der Waals surface area contributed by atoms with Crippen LogP contribution >= 0.6 is 35.0 Å². The lowest BCUT2D eigenvalue weighted by Crippen LogP contribution is -2.22. The van der Waals surface area contributed by atoms with Crippen LogP contribution in [0.3, 0.4) is 0 Å². The van der Waals surface area contributed by atoms with Crippen LogP contribution in [0.15, 0.2) is 64.7 Å². The van der Waals surface area contributed by atoms with Crippen molar-refractivity contribution in [1.29, 1.82) is 0 Å². The highest BCUT2D eigenvalue weighted by Gasteiger charge is 2.11. The molecule has 1 heterocycles. The number of ether oxygens (including phenoxy) is 1. The number of amides is 1. The Kier molecular flexibility index (Phi) is 6.61. The predicted octanol–water partition coefficient (Wildman–Crippen LogP) is 4.28. The number of methoxy groups -OCH3 is 1. The summed E-state index contributed by atoms with van der Waals surface area (Å²) in [5, 5.41) is 3.92. The molecule has 0 radical (unpaired) electrons. The Bertz CT molecular complexity index is 1060. The maximum absolute atomic E-state index is 12.7. The number of carbonyl (C=O) groups is 1. The second-order valence-corrected chi connectivity index (χ2v) is 7.38. The summed E-state index contributed by atoms with van der Waals surface area (Å²) in [7, 11) is 1.52. The van der Waals surface area contributed by atoms with Gasteiger partial charge in [-0.25, -0.2) is 4.98 Å². The van der Waals surface area contributed by atoms with Gasteiger partial charge in [0, 0.05) is 23.1 Å². The summed E-state index contributed by atoms with van der Waals surface area (Å²) in [4.78, 5) is 28.9. The van der Waals surface area contributed by atoms with Crippen molar-refractivity contribution in [2.45, 2.75) is 5.03 Å². The molecule has 28 heavy (non-hydrogen) atoms. The van der Waals surface area contributed by atoms with Crippen molar-refractivity contribution < 1.29 is 9.53 Å². The van der Waals surface area contributed by atoms with E-state index < -0.39 is 0 Å². The van der Waals surface area contributed by atoms with Crippen molar-refractivity contribution in [1.82, 2.24) is 9.55 Å². The average molecular weight is 436 g/mol. The predicted molar refractivity (Wildman–Crippen MR) is 112 cm³/mol. The van der Waals surface area contributed by atoms with E-state index in [1.807, 2.05) is 0 Å². The molecule has 2 aromatic carbocycles. The molecule has 1 aromatic heterocycles. The van der Waals surface area contributed by atoms with Crippen LogP contribution in [0.25, 0.3) is 5.69 Å². The highest BCUT2D eigenvalue weighted by molar-refractivity contribution is 7.99. The van der Waals surface area contributed by atoms with Crippen molar-refractivity contribution in [3.05, 3.63) is 75.3 Å². The van der Waals surface area contributed by atoms with Gasteiger partial charge in [-0.15, -0.1) is 0 Å². The van der Waals surface area contributed by atoms with Crippen LogP contribution in [-0.2, 0) is 4.79 Å². The number of nitrogens with one attached hydrogen (secondary N) is 1. The molecule has 9 heteroatoms. The van der Waals surface area contributed by atoms with E-state index in [2.05, 4.69) is 10.3 Å². The first-order chi connectivity index (χ1) is 13.5. The van der Waals surface area contributed by atoms with Crippen molar-refractivity contribution in [2.24, 2.45) is 0 Å². The summed E-state index contributed by atoms with van der Waals surface area (Å²) < 4.78 is 6.54. The van der Waals surface area contributed by atoms with E-state index in [1.165, 1.54) is 24.1 Å². The number of carbonyl (C=O) groups excluding carboxylic acids is 1. The zero-order valence-corrected chi connectivity index (χ0v) is 17.0. The molecule has 1 N–H and O–H groups in total. The standard InChI is InChI=1S/C19H15Cl2N3O3S/c1-27-16-7-6-14(10-15(16)21)24-9-8-22-18(19(24)26)28-11-17(25)23-13-4-2-12(20)3-5-13/h2-10H,11H2,1H3,(H,23,25). The van der Waals surface area contributed by atoms with E-state index in [0.29, 0.717) is 27.2 Å². The van der Waals surface area contributed by atoms with Gasteiger partial charge >= 0.3 is 0 Å². The van der Waals surface area contributed by atoms with Gasteiger partial charge in [0.05, 0.1) is 23.6 Å². The third-order valence-electron chi connectivity index (χ3n) is 3.69. The van der Waals surface area contributed by atoms with Gasteiger partial charge in [-0.05, 0) is 42.5 Å². The zero-order valence-electron chi connectivity index (χ0n) is 14.7. The number of hydrogen-bond acceptors (Lipinski definition) is 5. The summed E-state index contributed by atoms with van der Waals surface area (Å²) in [5.41, 5.74) is 0.861. The summed E-state index contributed by atoms with van der Waals surface area (Å²) in [6.07, 6.45) is 3.04. The van der Waals surface area contributed by atoms with Gasteiger partial charge in [0.15, 0.2) is 5.03 Å². The second-order valence-electron chi connectivity index (χ2n) is 5.57. The molecule has 0 bridgehead atoms. The number of thioether (sulfide) groups is 1. The summed E-state index contributed by atoms with van der Waals surface area (Å²) in [6, 6.07) is 11.8. The van der Waals surface area contributed by atoms with E-state index in [1.54, 1.807) is 42.5 Å². The van der Waals surface area contributed by atoms with Crippen molar-refractivity contribution in [2.75, 3.05) is 18.2 Å². The maximum Gasteiger partial charge on any atom is 0.287 e. The number of benzene rings is 2. The first kappa shape index (κ1) is 20.3. The number of rotatable bonds is 6. The van der Waals surface area contributed by atoms with Gasteiger partial charge in [0.25, 0.3) is 5.56 Å². The minimum absolute atomic E-state index is 0.0399. The van der Waals surface area contributed by atoms with E-state index in [0.717, 1.165) is 11.8 Å². The molecule has 0 atom stereocenters. The molecule has 6 nitrogen and oxygen atoms in total. The molecule has 3 aromatic rings. The maximum atomic E-state index is 12.7. The van der Waals surface area contributed by atoms with Crippen molar-refractivity contribution >= 4 is 46.6 Å². The lowest BCUT2D eigenvalue weighted by atomic mass is 10.3. The zero-order chi connectivity index (χ0) is 20.1. The SMILES string of the molecule is COc1ccc(-n2ccnc(SCC(=O)Nc3ccc(Cl)cc3)c2=O)cc1Cl. The Labute approximate surface area is 175 Å². The molecule has 0 aliphatic heterocycles. The fourth-order valence-electron chi connectivity index (χ4n) is 2.37. The first-order valence-corrected chi connectivity index (χ1v) is 9.82. The third-order valence-corrected chi connectivity index (χ3v) is 5.20. The molecule has 1 amide bonds. The first-order valence-electron chi connectivity index (χ1n) is 8.07. The highest BCUT2D eigenvalue weighted by Crippen LogP contribution is 2.26. The number of aromatic nitrogens is 2. The quantitative estimate of drug-likeness (QED) is 0.584. The largest absolute Gasteiger partial charge is 0.495 e. The lowest BCUT2D eigenvalue weighted by molar-refractivity contribution is -0.113. The monoisotopic (exact) mass is 435 g/mol. The minimum Gasteiger partial charge on any atom is -0.495 e. The molecule has 0 spiro atoms. The van der Waals surface area contributed by atoms with Gasteiger partial charge in [0.2, 0.25) is 5.91 Å². The molecular weight excluding hydrogens is 421 g/mol. The third kappa shape index (κ3) is 4.86. The van der Waals surface area contributed by atoms with Gasteiger partial charge in [-0.1, -0.05) is 35.0 Å². The van der Waals surface area contributed by atoms with Gasteiger partial charge < -0.3 is 10.1 Å². The van der Waals surface area contributed by atoms with Crippen LogP contribution < -0.4 is 15.6 Å². The van der Waals surface area contributed by atoms with Crippen LogP contribution in [0.1, 0.15) is 0 Å². The molecule has 0 fully saturated rings. The Balaban J connectivity index is 1.72. The van der Waals surface area contributed by atoms with E-state index in [4.69, 9.17) is 27.9 Å². The number of hydrogen-bond donors (Lipinski definition) is 1. The topological polar surface area (TPSA) is 73.2 Å². The van der Waals surface area contributed by atoms with Gasteiger partial charge in [-0.3, -0.25) is 14.2 Å². The van der Waals surface area contributed by atoms with Crippen molar-refractivity contribution in [3.8, 4) is 11.4 Å². The van der Waals surface area contributed by atoms with Gasteiger partial charge in [-0.2, -0.15) is 0 Å². The van der Waals surface area contributed by atoms with Crippen LogP contribution in [0.2, 0.25) is 10.0 Å². The van der Waals surface area contributed by atoms with Crippen molar-refractivity contribution in [3.63, 3.8) is 0 Å². The lowest BCUT2D eigenvalue weighted by Gasteiger charge is -2.10. The number of halogens is 2. The second kappa shape index (κ2) is 9.14. The Hall–Kier alpha value is -2.48. The molecule has 0 aliphatic carbocycles. The molecule has 0 unspecified atom stereocenters. The molecular formula is C19H15Cl2N3O3S. The van der Waals surface area contributed by atoms with Crippen LogP contribution in [0.4, 0.5) is 5.69 Å². The Morgan fingerprint density at radius 1 is 1.21 bits per heavy atom. The average Bonchev–Trinajstić information content (AvgIpc) is 2.69. The number of anilines is 1. The van der Waals surface area contributed by atoms with Gasteiger partial charge in [0.1, 0.15) is 5.75 Å². The summed E-state index contributed by atoms with van der Waals surface area (Å²) in [5.74, 6) is 0.301. The number of nitrogens with zero attached hydrogens (tertiary/aromatic N) is 2. The normalized spacial score (nSPS) is 10.5. The molecule has 0 saturated heterocycles. The Morgan fingerprint density at radius 2 is 1.96 bits per heavy atom. The smallest absolute Gasteiger partial charge is 0.287 e. The Morgan fingerprint density at radius 3 is 2.64 bits per heavy atom.